The zero-order valence-electron chi connectivity index (χ0n) is 13.1. The monoisotopic (exact) mass is 256 g/mol. The van der Waals surface area contributed by atoms with Gasteiger partial charge in [-0.3, -0.25) is 0 Å². The van der Waals surface area contributed by atoms with Crippen molar-refractivity contribution in [1.82, 2.24) is 4.98 Å². The lowest BCUT2D eigenvalue weighted by Crippen LogP contribution is -1.88. The Balaban J connectivity index is 1.93. The molecular formula is C16H14N2O. The zero-order valence-corrected chi connectivity index (χ0v) is 10.1. The lowest BCUT2D eigenvalue weighted by Gasteiger charge is -2.05. The Hall–Kier alpha value is -2.55. The van der Waals surface area contributed by atoms with E-state index < -0.39 is 6.98 Å². The number of pyridine rings is 1. The van der Waals surface area contributed by atoms with Crippen LogP contribution in [0.25, 0.3) is 22.2 Å². The van der Waals surface area contributed by atoms with Crippen LogP contribution >= 0.6 is 0 Å². The molecule has 3 aromatic rings. The van der Waals surface area contributed by atoms with Crippen LogP contribution in [0.4, 0.5) is 5.69 Å². The number of phenolic OH excluding ortho intramolecular Hbond substituents is 1. The molecule has 0 fully saturated rings. The number of benzene rings is 2. The predicted molar refractivity (Wildman–Crippen MR) is 78.4 cm³/mol. The summed E-state index contributed by atoms with van der Waals surface area (Å²) >= 11 is 0. The van der Waals surface area contributed by atoms with Gasteiger partial charge < -0.3 is 10.4 Å². The molecule has 1 aromatic heterocycles. The smallest absolute Gasteiger partial charge is 0.117 e. The van der Waals surface area contributed by atoms with Crippen LogP contribution in [-0.2, 0) is 0 Å². The third-order valence-corrected chi connectivity index (χ3v) is 3.00. The highest BCUT2D eigenvalue weighted by Crippen LogP contribution is 2.24. The molecule has 0 spiro atoms. The molecule has 3 heteroatoms. The molecule has 0 bridgehead atoms. The second-order valence-electron chi connectivity index (χ2n) is 4.28. The minimum absolute atomic E-state index is 0.175. The molecule has 0 aliphatic heterocycles. The molecule has 2 N–H and O–H groups in total. The van der Waals surface area contributed by atoms with Gasteiger partial charge in [0.25, 0.3) is 0 Å². The van der Waals surface area contributed by atoms with E-state index in [1.54, 1.807) is 24.3 Å². The Morgan fingerprint density at radius 2 is 1.84 bits per heavy atom. The fraction of sp³-hybridized carbons (Fsp3) is 0.0625. The summed E-state index contributed by atoms with van der Waals surface area (Å²) in [6.45, 7) is -2.21. The number of fused-ring (bicyclic) bond motifs is 1. The van der Waals surface area contributed by atoms with E-state index in [1.165, 1.54) is 0 Å². The molecule has 3 rings (SSSR count). The largest absolute Gasteiger partial charge is 0.508 e. The van der Waals surface area contributed by atoms with Crippen LogP contribution in [0, 0.1) is 0 Å². The second kappa shape index (κ2) is 4.61. The van der Waals surface area contributed by atoms with Gasteiger partial charge in [0.1, 0.15) is 5.75 Å². The van der Waals surface area contributed by atoms with E-state index in [0.29, 0.717) is 11.2 Å². The van der Waals surface area contributed by atoms with Gasteiger partial charge in [0.2, 0.25) is 0 Å². The van der Waals surface area contributed by atoms with E-state index in [1.807, 2.05) is 30.3 Å². The van der Waals surface area contributed by atoms with Gasteiger partial charge in [-0.1, -0.05) is 18.2 Å². The van der Waals surface area contributed by atoms with Crippen LogP contribution < -0.4 is 5.32 Å². The molecule has 0 aliphatic carbocycles. The molecule has 2 aromatic carbocycles. The van der Waals surface area contributed by atoms with E-state index >= 15 is 0 Å². The standard InChI is InChI=1S/C16H14N2O/c1-17-13-6-2-11(3-7-13)15-9-5-12-4-8-14(19)10-16(12)18-15/h2-10,17,19H,1H3/i1T3. The van der Waals surface area contributed by atoms with Gasteiger partial charge in [0, 0.05) is 33.8 Å². The van der Waals surface area contributed by atoms with E-state index in [0.717, 1.165) is 16.6 Å². The van der Waals surface area contributed by atoms with Crippen molar-refractivity contribution in [3.8, 4) is 17.0 Å². The van der Waals surface area contributed by atoms with Crippen LogP contribution in [0.2, 0.25) is 0 Å². The van der Waals surface area contributed by atoms with Crippen molar-refractivity contribution in [2.24, 2.45) is 0 Å². The maximum atomic E-state index is 9.53. The number of phenols is 1. The molecule has 0 amide bonds. The zero-order chi connectivity index (χ0) is 15.7. The van der Waals surface area contributed by atoms with Crippen molar-refractivity contribution in [3.05, 3.63) is 54.6 Å². The molecule has 0 saturated heterocycles. The van der Waals surface area contributed by atoms with Gasteiger partial charge in [-0.05, 0) is 30.3 Å². The van der Waals surface area contributed by atoms with Gasteiger partial charge in [0.05, 0.1) is 11.2 Å². The number of rotatable bonds is 2. The van der Waals surface area contributed by atoms with Crippen molar-refractivity contribution in [3.63, 3.8) is 0 Å². The van der Waals surface area contributed by atoms with Crippen LogP contribution in [0.1, 0.15) is 4.11 Å². The number of aromatic hydroxyl groups is 1. The van der Waals surface area contributed by atoms with Crippen molar-refractivity contribution in [2.75, 3.05) is 12.3 Å². The van der Waals surface area contributed by atoms with Gasteiger partial charge in [0.15, 0.2) is 0 Å². The number of anilines is 1. The highest BCUT2D eigenvalue weighted by atomic mass is 16.3. The Morgan fingerprint density at radius 1 is 1.05 bits per heavy atom. The SMILES string of the molecule is [3H]C([3H])([3H])Nc1ccc(-c2ccc3ccc(O)cc3n2)cc1. The molecule has 0 saturated carbocycles. The number of nitrogens with zero attached hydrogens (tertiary/aromatic N) is 1. The predicted octanol–water partition coefficient (Wildman–Crippen LogP) is 3.65. The number of hydrogen-bond donors (Lipinski definition) is 2. The first-order valence-corrected chi connectivity index (χ1v) is 5.89. The van der Waals surface area contributed by atoms with E-state index in [9.17, 15) is 5.11 Å². The fourth-order valence-electron chi connectivity index (χ4n) is 1.99. The summed E-state index contributed by atoms with van der Waals surface area (Å²) < 4.78 is 21.6. The normalized spacial score (nSPS) is 13.6. The fourth-order valence-corrected chi connectivity index (χ4v) is 1.99. The number of hydrogen-bond acceptors (Lipinski definition) is 3. The van der Waals surface area contributed by atoms with Crippen LogP contribution in [0.5, 0.6) is 5.75 Å². The molecule has 0 radical (unpaired) electrons. The first-order valence-electron chi connectivity index (χ1n) is 7.39. The average Bonchev–Trinajstić information content (AvgIpc) is 2.45. The van der Waals surface area contributed by atoms with Crippen LogP contribution in [0.15, 0.2) is 54.6 Å². The van der Waals surface area contributed by atoms with Crippen LogP contribution in [-0.4, -0.2) is 17.1 Å². The second-order valence-corrected chi connectivity index (χ2v) is 4.28. The summed E-state index contributed by atoms with van der Waals surface area (Å²) in [5.74, 6) is 0.175. The molecule has 94 valence electrons. The van der Waals surface area contributed by atoms with Crippen molar-refractivity contribution >= 4 is 16.6 Å². The maximum Gasteiger partial charge on any atom is 0.117 e. The number of aromatic nitrogens is 1. The summed E-state index contributed by atoms with van der Waals surface area (Å²) in [5.41, 5.74) is 2.88. The summed E-state index contributed by atoms with van der Waals surface area (Å²) in [6.07, 6.45) is 0. The Morgan fingerprint density at radius 3 is 2.63 bits per heavy atom. The summed E-state index contributed by atoms with van der Waals surface area (Å²) in [4.78, 5) is 4.52. The highest BCUT2D eigenvalue weighted by Gasteiger charge is 2.02. The van der Waals surface area contributed by atoms with Gasteiger partial charge >= 0.3 is 0 Å². The molecule has 0 unspecified atom stereocenters. The van der Waals surface area contributed by atoms with Crippen LogP contribution in [0.3, 0.4) is 0 Å². The quantitative estimate of drug-likeness (QED) is 0.735. The Kier molecular flexibility index (Phi) is 2.07. The molecule has 19 heavy (non-hydrogen) atoms. The molecular weight excluding hydrogens is 236 g/mol. The number of nitrogens with one attached hydrogen (secondary N) is 1. The highest BCUT2D eigenvalue weighted by molar-refractivity contribution is 5.82. The molecule has 0 aliphatic rings. The summed E-state index contributed by atoms with van der Waals surface area (Å²) in [6, 6.07) is 15.9. The van der Waals surface area contributed by atoms with Crippen molar-refractivity contribution < 1.29 is 9.22 Å². The van der Waals surface area contributed by atoms with E-state index in [4.69, 9.17) is 4.11 Å². The van der Waals surface area contributed by atoms with Crippen molar-refractivity contribution in [1.29, 1.82) is 0 Å². The van der Waals surface area contributed by atoms with E-state index in [-0.39, 0.29) is 5.75 Å². The van der Waals surface area contributed by atoms with E-state index in [2.05, 4.69) is 10.3 Å². The Bertz CT molecular complexity index is 814. The first-order chi connectivity index (χ1) is 10.4. The third kappa shape index (κ3) is 2.22. The summed E-state index contributed by atoms with van der Waals surface area (Å²) in [5, 5.41) is 12.9. The summed E-state index contributed by atoms with van der Waals surface area (Å²) in [7, 11) is 0. The minimum atomic E-state index is -2.21. The molecule has 0 atom stereocenters. The average molecular weight is 256 g/mol. The third-order valence-electron chi connectivity index (χ3n) is 3.00. The molecule has 3 nitrogen and oxygen atoms in total. The van der Waals surface area contributed by atoms with Crippen molar-refractivity contribution in [2.45, 2.75) is 0 Å². The Labute approximate surface area is 115 Å². The van der Waals surface area contributed by atoms with Gasteiger partial charge in [-0.2, -0.15) is 0 Å². The van der Waals surface area contributed by atoms with Gasteiger partial charge in [-0.25, -0.2) is 4.98 Å². The minimum Gasteiger partial charge on any atom is -0.508 e. The van der Waals surface area contributed by atoms with Gasteiger partial charge in [-0.15, -0.1) is 0 Å². The topological polar surface area (TPSA) is 45.1 Å². The lowest BCUT2D eigenvalue weighted by molar-refractivity contribution is 0.476. The first kappa shape index (κ1) is 8.53. The maximum absolute atomic E-state index is 9.53. The lowest BCUT2D eigenvalue weighted by atomic mass is 10.1. The molecule has 1 heterocycles.